The summed E-state index contributed by atoms with van der Waals surface area (Å²) >= 11 is 0. The predicted molar refractivity (Wildman–Crippen MR) is 75.6 cm³/mol. The summed E-state index contributed by atoms with van der Waals surface area (Å²) in [6, 6.07) is 4.65. The second-order valence-electron chi connectivity index (χ2n) is 5.10. The van der Waals surface area contributed by atoms with Crippen LogP contribution in [0.1, 0.15) is 44.0 Å². The fraction of sp³-hybridized carbons (Fsp3) is 0.571. The van der Waals surface area contributed by atoms with Crippen LogP contribution in [0.5, 0.6) is 0 Å². The van der Waals surface area contributed by atoms with Gasteiger partial charge in [-0.15, -0.1) is 10.2 Å². The zero-order chi connectivity index (χ0) is 13.9. The van der Waals surface area contributed by atoms with Gasteiger partial charge in [-0.25, -0.2) is 4.98 Å². The number of hydrogen-bond acceptors (Lipinski definition) is 5. The molecule has 1 saturated carbocycles. The minimum absolute atomic E-state index is 0.686. The van der Waals surface area contributed by atoms with E-state index >= 15 is 0 Å². The van der Waals surface area contributed by atoms with E-state index in [2.05, 4.69) is 39.4 Å². The number of aryl methyl sites for hydroxylation is 2. The summed E-state index contributed by atoms with van der Waals surface area (Å²) in [7, 11) is 0. The fourth-order valence-electron chi connectivity index (χ4n) is 2.05. The molecule has 0 spiro atoms. The van der Waals surface area contributed by atoms with Gasteiger partial charge in [-0.05, 0) is 25.0 Å². The summed E-state index contributed by atoms with van der Waals surface area (Å²) in [6.07, 6.45) is 4.23. The molecule has 1 N–H and O–H groups in total. The Morgan fingerprint density at radius 1 is 1.20 bits per heavy atom. The molecular weight excluding hydrogens is 252 g/mol. The average molecular weight is 272 g/mol. The third-order valence-corrected chi connectivity index (χ3v) is 3.42. The van der Waals surface area contributed by atoms with Crippen LogP contribution in [0.25, 0.3) is 5.82 Å². The van der Waals surface area contributed by atoms with Gasteiger partial charge in [-0.2, -0.15) is 9.78 Å². The van der Waals surface area contributed by atoms with E-state index in [0.717, 1.165) is 42.5 Å². The lowest BCUT2D eigenvalue weighted by Gasteiger charge is -2.04. The molecule has 0 aromatic carbocycles. The monoisotopic (exact) mass is 272 g/mol. The molecule has 2 heterocycles. The van der Waals surface area contributed by atoms with E-state index in [1.807, 2.05) is 12.1 Å². The first-order valence-corrected chi connectivity index (χ1v) is 7.31. The van der Waals surface area contributed by atoms with E-state index < -0.39 is 0 Å². The van der Waals surface area contributed by atoms with Gasteiger partial charge in [0.15, 0.2) is 11.6 Å². The molecule has 0 bridgehead atoms. The molecule has 3 rings (SSSR count). The quantitative estimate of drug-likeness (QED) is 0.861. The number of aromatic nitrogens is 5. The van der Waals surface area contributed by atoms with Crippen LogP contribution in [0.2, 0.25) is 0 Å². The Labute approximate surface area is 118 Å². The zero-order valence-corrected chi connectivity index (χ0v) is 12.0. The van der Waals surface area contributed by atoms with E-state index in [-0.39, 0.29) is 0 Å². The summed E-state index contributed by atoms with van der Waals surface area (Å²) in [5, 5.41) is 16.4. The Morgan fingerprint density at radius 3 is 2.65 bits per heavy atom. The van der Waals surface area contributed by atoms with E-state index in [9.17, 15) is 0 Å². The average Bonchev–Trinajstić information content (AvgIpc) is 3.23. The second-order valence-corrected chi connectivity index (χ2v) is 5.10. The highest BCUT2D eigenvalue weighted by atomic mass is 15.4. The van der Waals surface area contributed by atoms with E-state index in [1.165, 1.54) is 12.8 Å². The van der Waals surface area contributed by atoms with Crippen LogP contribution >= 0.6 is 0 Å². The maximum absolute atomic E-state index is 4.49. The fourth-order valence-corrected chi connectivity index (χ4v) is 2.05. The van der Waals surface area contributed by atoms with Crippen LogP contribution in [-0.4, -0.2) is 31.0 Å². The lowest BCUT2D eigenvalue weighted by Crippen LogP contribution is -2.17. The van der Waals surface area contributed by atoms with Crippen LogP contribution in [-0.2, 0) is 19.4 Å². The van der Waals surface area contributed by atoms with Crippen LogP contribution in [0.4, 0.5) is 0 Å². The standard InChI is InChI=1S/C14H20N6/c1-3-12-16-13(4-2)20(19-12)14-8-7-11(17-18-14)9-15-10-5-6-10/h7-8,10,15H,3-6,9H2,1-2H3. The summed E-state index contributed by atoms with van der Waals surface area (Å²) in [5.41, 5.74) is 0.967. The van der Waals surface area contributed by atoms with Gasteiger partial charge >= 0.3 is 0 Å². The van der Waals surface area contributed by atoms with Crippen molar-refractivity contribution in [1.29, 1.82) is 0 Å². The van der Waals surface area contributed by atoms with Gasteiger partial charge < -0.3 is 5.32 Å². The van der Waals surface area contributed by atoms with Crippen molar-refractivity contribution in [3.05, 3.63) is 29.5 Å². The smallest absolute Gasteiger partial charge is 0.177 e. The SMILES string of the molecule is CCc1nc(CC)n(-c2ccc(CNC3CC3)nn2)n1. The van der Waals surface area contributed by atoms with Gasteiger partial charge in [0.25, 0.3) is 0 Å². The molecule has 2 aromatic heterocycles. The molecule has 0 unspecified atom stereocenters. The lowest BCUT2D eigenvalue weighted by molar-refractivity contribution is 0.659. The number of nitrogens with zero attached hydrogens (tertiary/aromatic N) is 5. The van der Waals surface area contributed by atoms with Crippen molar-refractivity contribution < 1.29 is 0 Å². The zero-order valence-electron chi connectivity index (χ0n) is 12.0. The molecule has 0 aliphatic heterocycles. The van der Waals surface area contributed by atoms with E-state index in [4.69, 9.17) is 0 Å². The second kappa shape index (κ2) is 5.66. The van der Waals surface area contributed by atoms with Gasteiger partial charge in [0.2, 0.25) is 0 Å². The first-order valence-electron chi connectivity index (χ1n) is 7.31. The first kappa shape index (κ1) is 13.2. The largest absolute Gasteiger partial charge is 0.308 e. The topological polar surface area (TPSA) is 68.5 Å². The van der Waals surface area contributed by atoms with Crippen molar-refractivity contribution >= 4 is 0 Å². The van der Waals surface area contributed by atoms with Gasteiger partial charge in [-0.1, -0.05) is 13.8 Å². The molecule has 1 aliphatic rings. The number of hydrogen-bond donors (Lipinski definition) is 1. The minimum atomic E-state index is 0.686. The Morgan fingerprint density at radius 2 is 2.05 bits per heavy atom. The highest BCUT2D eigenvalue weighted by Gasteiger charge is 2.20. The lowest BCUT2D eigenvalue weighted by atomic mass is 10.3. The molecule has 2 aromatic rings. The molecule has 20 heavy (non-hydrogen) atoms. The van der Waals surface area contributed by atoms with Crippen molar-refractivity contribution in [3.63, 3.8) is 0 Å². The van der Waals surface area contributed by atoms with Gasteiger partial charge in [-0.3, -0.25) is 0 Å². The molecule has 106 valence electrons. The third-order valence-electron chi connectivity index (χ3n) is 3.42. The van der Waals surface area contributed by atoms with Crippen LogP contribution in [0.15, 0.2) is 12.1 Å². The molecule has 1 fully saturated rings. The number of nitrogens with one attached hydrogen (secondary N) is 1. The highest BCUT2D eigenvalue weighted by Crippen LogP contribution is 2.19. The van der Waals surface area contributed by atoms with Crippen molar-refractivity contribution in [2.75, 3.05) is 0 Å². The van der Waals surface area contributed by atoms with Crippen LogP contribution in [0.3, 0.4) is 0 Å². The molecule has 0 saturated heterocycles. The molecule has 0 atom stereocenters. The third kappa shape index (κ3) is 2.85. The first-order chi connectivity index (χ1) is 9.80. The normalized spacial score (nSPS) is 14.7. The van der Waals surface area contributed by atoms with E-state index in [0.29, 0.717) is 6.04 Å². The van der Waals surface area contributed by atoms with Crippen molar-refractivity contribution in [2.24, 2.45) is 0 Å². The molecule has 6 heteroatoms. The highest BCUT2D eigenvalue weighted by molar-refractivity contribution is 5.22. The Kier molecular flexibility index (Phi) is 3.73. The van der Waals surface area contributed by atoms with Gasteiger partial charge in [0.05, 0.1) is 5.69 Å². The van der Waals surface area contributed by atoms with Crippen molar-refractivity contribution in [1.82, 2.24) is 30.3 Å². The van der Waals surface area contributed by atoms with E-state index in [1.54, 1.807) is 4.68 Å². The predicted octanol–water partition coefficient (Wildman–Crippen LogP) is 1.43. The Bertz CT molecular complexity index is 570. The molecule has 0 radical (unpaired) electrons. The molecule has 1 aliphatic carbocycles. The summed E-state index contributed by atoms with van der Waals surface area (Å²) in [4.78, 5) is 4.49. The molecule has 6 nitrogen and oxygen atoms in total. The number of rotatable bonds is 6. The molecule has 0 amide bonds. The Hall–Kier alpha value is -1.82. The summed E-state index contributed by atoms with van der Waals surface area (Å²) < 4.78 is 1.80. The summed E-state index contributed by atoms with van der Waals surface area (Å²) in [5.74, 6) is 2.52. The van der Waals surface area contributed by atoms with Crippen LogP contribution in [0, 0.1) is 0 Å². The van der Waals surface area contributed by atoms with Crippen molar-refractivity contribution in [2.45, 2.75) is 52.1 Å². The van der Waals surface area contributed by atoms with Gasteiger partial charge in [0, 0.05) is 25.4 Å². The molecular formula is C14H20N6. The van der Waals surface area contributed by atoms with Gasteiger partial charge in [0.1, 0.15) is 5.82 Å². The van der Waals surface area contributed by atoms with Crippen molar-refractivity contribution in [3.8, 4) is 5.82 Å². The maximum atomic E-state index is 4.49. The minimum Gasteiger partial charge on any atom is -0.308 e. The summed E-state index contributed by atoms with van der Waals surface area (Å²) in [6.45, 7) is 4.91. The van der Waals surface area contributed by atoms with Crippen LogP contribution < -0.4 is 5.32 Å². The Balaban J connectivity index is 1.77. The maximum Gasteiger partial charge on any atom is 0.177 e.